The molecule has 0 saturated heterocycles. The van der Waals surface area contributed by atoms with Gasteiger partial charge in [0.1, 0.15) is 12.4 Å². The molecule has 3 aromatic carbocycles. The topological polar surface area (TPSA) is 55.8 Å². The smallest absolute Gasteiger partial charge is 0.165 e. The highest BCUT2D eigenvalue weighted by Crippen LogP contribution is 2.55. The van der Waals surface area contributed by atoms with Gasteiger partial charge >= 0.3 is 0 Å². The predicted molar refractivity (Wildman–Crippen MR) is 187 cm³/mol. The summed E-state index contributed by atoms with van der Waals surface area (Å²) in [5, 5.41) is 0. The van der Waals surface area contributed by atoms with Crippen LogP contribution in [0.4, 0.5) is 4.39 Å². The molecule has 5 nitrogen and oxygen atoms in total. The van der Waals surface area contributed by atoms with Crippen LogP contribution >= 0.6 is 0 Å². The van der Waals surface area contributed by atoms with Gasteiger partial charge in [-0.25, -0.2) is 4.39 Å². The zero-order valence-corrected chi connectivity index (χ0v) is 28.8. The van der Waals surface area contributed by atoms with Crippen molar-refractivity contribution in [3.8, 4) is 11.5 Å². The molecular weight excluding hydrogens is 601 g/mol. The van der Waals surface area contributed by atoms with Gasteiger partial charge in [0.15, 0.2) is 23.1 Å². The minimum absolute atomic E-state index is 0.0911. The number of hydrogen-bond acceptors (Lipinski definition) is 5. The van der Waals surface area contributed by atoms with E-state index in [1.165, 1.54) is 12.1 Å². The van der Waals surface area contributed by atoms with Gasteiger partial charge < -0.3 is 14.4 Å². The Morgan fingerprint density at radius 3 is 2.00 bits per heavy atom. The van der Waals surface area contributed by atoms with Gasteiger partial charge in [-0.05, 0) is 71.9 Å². The molecule has 2 aliphatic carbocycles. The Bertz CT molecular complexity index is 1740. The standard InChI is InChI=1S/C42H46FNO4/c1-7-12-29-19-30(20-36(47-8-2)40(29)48-26-28-15-17-31(43)18-16-28)37-38-32(21-41(3,4)23-34(38)45)44(25-27-13-10-9-11-14-27)33-22-42(5,6)24-35(46)39(33)37/h7,9-11,13-20,37H,1,8,12,21-26H2,2-6H3. The van der Waals surface area contributed by atoms with E-state index in [4.69, 9.17) is 9.47 Å². The number of ether oxygens (including phenoxy) is 2. The number of halogens is 1. The van der Waals surface area contributed by atoms with Crippen LogP contribution in [0.5, 0.6) is 11.5 Å². The van der Waals surface area contributed by atoms with Crippen LogP contribution in [0, 0.1) is 16.6 Å². The number of rotatable bonds is 10. The molecule has 0 unspecified atom stereocenters. The van der Waals surface area contributed by atoms with E-state index in [0.717, 1.165) is 57.6 Å². The quantitative estimate of drug-likeness (QED) is 0.205. The van der Waals surface area contributed by atoms with E-state index in [-0.39, 0.29) is 34.8 Å². The van der Waals surface area contributed by atoms with Gasteiger partial charge in [-0.3, -0.25) is 9.59 Å². The first-order valence-corrected chi connectivity index (χ1v) is 17.0. The third kappa shape index (κ3) is 6.76. The Balaban J connectivity index is 1.54. The SMILES string of the molecule is C=CCc1cc(C2C3=C(CC(C)(C)CC3=O)N(Cc3ccccc3)C3=C2C(=O)CC(C)(C)C3)cc(OCC)c1OCc1ccc(F)cc1. The molecule has 0 bridgehead atoms. The molecule has 250 valence electrons. The Labute approximate surface area is 284 Å². The molecule has 0 radical (unpaired) electrons. The second-order valence-corrected chi connectivity index (χ2v) is 15.0. The number of carbonyl (C=O) groups excluding carboxylic acids is 2. The average Bonchev–Trinajstić information content (AvgIpc) is 3.01. The molecule has 0 N–H and O–H groups in total. The number of nitrogens with zero attached hydrogens (tertiary/aromatic N) is 1. The summed E-state index contributed by atoms with van der Waals surface area (Å²) >= 11 is 0. The largest absolute Gasteiger partial charge is 0.490 e. The number of hydrogen-bond donors (Lipinski definition) is 0. The molecule has 0 amide bonds. The summed E-state index contributed by atoms with van der Waals surface area (Å²) in [6.07, 6.45) is 4.62. The van der Waals surface area contributed by atoms with E-state index in [9.17, 15) is 14.0 Å². The zero-order chi connectivity index (χ0) is 34.2. The van der Waals surface area contributed by atoms with Crippen LogP contribution in [0.2, 0.25) is 0 Å². The molecule has 1 aliphatic heterocycles. The van der Waals surface area contributed by atoms with Crippen molar-refractivity contribution in [2.24, 2.45) is 10.8 Å². The fraction of sp³-hybridized carbons (Fsp3) is 0.381. The van der Waals surface area contributed by atoms with Gasteiger partial charge in [0.2, 0.25) is 0 Å². The Kier molecular flexibility index (Phi) is 9.21. The summed E-state index contributed by atoms with van der Waals surface area (Å²) in [5.41, 5.74) is 6.73. The first-order valence-electron chi connectivity index (χ1n) is 17.0. The van der Waals surface area contributed by atoms with E-state index >= 15 is 0 Å². The van der Waals surface area contributed by atoms with E-state index in [1.807, 2.05) is 37.3 Å². The van der Waals surface area contributed by atoms with Gasteiger partial charge in [-0.1, -0.05) is 82.3 Å². The lowest BCUT2D eigenvalue weighted by atomic mass is 9.63. The maximum Gasteiger partial charge on any atom is 0.165 e. The molecule has 3 aliphatic rings. The predicted octanol–water partition coefficient (Wildman–Crippen LogP) is 9.42. The monoisotopic (exact) mass is 647 g/mol. The normalized spacial score (nSPS) is 18.8. The van der Waals surface area contributed by atoms with Crippen LogP contribution in [0.3, 0.4) is 0 Å². The zero-order valence-electron chi connectivity index (χ0n) is 28.8. The van der Waals surface area contributed by atoms with Crippen molar-refractivity contribution < 1.29 is 23.5 Å². The molecule has 6 heteroatoms. The second-order valence-electron chi connectivity index (χ2n) is 15.0. The first-order chi connectivity index (χ1) is 22.9. The maximum absolute atomic E-state index is 14.4. The van der Waals surface area contributed by atoms with Crippen LogP contribution in [0.25, 0.3) is 0 Å². The number of carbonyl (C=O) groups is 2. The minimum Gasteiger partial charge on any atom is -0.490 e. The lowest BCUT2D eigenvalue weighted by molar-refractivity contribution is -0.119. The van der Waals surface area contributed by atoms with Gasteiger partial charge in [0, 0.05) is 53.4 Å². The van der Waals surface area contributed by atoms with Gasteiger partial charge in [-0.2, -0.15) is 0 Å². The van der Waals surface area contributed by atoms with Crippen LogP contribution in [-0.4, -0.2) is 23.1 Å². The van der Waals surface area contributed by atoms with Gasteiger partial charge in [0.25, 0.3) is 0 Å². The summed E-state index contributed by atoms with van der Waals surface area (Å²) in [5.74, 6) is 0.507. The van der Waals surface area contributed by atoms with Crippen LogP contribution in [-0.2, 0) is 29.2 Å². The summed E-state index contributed by atoms with van der Waals surface area (Å²) in [7, 11) is 0. The second kappa shape index (κ2) is 13.2. The fourth-order valence-corrected chi connectivity index (χ4v) is 7.66. The first kappa shape index (κ1) is 33.5. The van der Waals surface area contributed by atoms with E-state index in [2.05, 4.69) is 57.4 Å². The minimum atomic E-state index is -0.511. The van der Waals surface area contributed by atoms with Crippen LogP contribution < -0.4 is 9.47 Å². The summed E-state index contributed by atoms with van der Waals surface area (Å²) < 4.78 is 26.2. The van der Waals surface area contributed by atoms with Crippen molar-refractivity contribution in [2.45, 2.75) is 85.8 Å². The van der Waals surface area contributed by atoms with Crippen molar-refractivity contribution in [1.29, 1.82) is 0 Å². The van der Waals surface area contributed by atoms with Gasteiger partial charge in [0.05, 0.1) is 6.61 Å². The third-order valence-electron chi connectivity index (χ3n) is 9.65. The number of benzene rings is 3. The summed E-state index contributed by atoms with van der Waals surface area (Å²) in [6, 6.07) is 20.6. The molecule has 0 atom stereocenters. The molecule has 0 fully saturated rings. The van der Waals surface area contributed by atoms with Crippen molar-refractivity contribution in [2.75, 3.05) is 6.61 Å². The molecular formula is C42H46FNO4. The van der Waals surface area contributed by atoms with E-state index < -0.39 is 5.92 Å². The van der Waals surface area contributed by atoms with Crippen molar-refractivity contribution in [1.82, 2.24) is 4.90 Å². The highest BCUT2D eigenvalue weighted by molar-refractivity contribution is 6.07. The molecule has 3 aromatic rings. The lowest BCUT2D eigenvalue weighted by Gasteiger charge is -2.49. The fourth-order valence-electron chi connectivity index (χ4n) is 7.66. The summed E-state index contributed by atoms with van der Waals surface area (Å²) in [4.78, 5) is 31.1. The molecule has 0 spiro atoms. The van der Waals surface area contributed by atoms with E-state index in [1.54, 1.807) is 12.1 Å². The third-order valence-corrected chi connectivity index (χ3v) is 9.65. The molecule has 0 aromatic heterocycles. The molecule has 1 heterocycles. The Morgan fingerprint density at radius 2 is 1.44 bits per heavy atom. The molecule has 6 rings (SSSR count). The average molecular weight is 648 g/mol. The lowest BCUT2D eigenvalue weighted by Crippen LogP contribution is -2.44. The highest BCUT2D eigenvalue weighted by Gasteiger charge is 2.49. The van der Waals surface area contributed by atoms with Crippen molar-refractivity contribution in [3.63, 3.8) is 0 Å². The highest BCUT2D eigenvalue weighted by atomic mass is 19.1. The van der Waals surface area contributed by atoms with Crippen LogP contribution in [0.1, 0.15) is 88.5 Å². The Hall–Kier alpha value is -4.45. The van der Waals surface area contributed by atoms with Crippen molar-refractivity contribution in [3.05, 3.63) is 130 Å². The molecule has 48 heavy (non-hydrogen) atoms. The Morgan fingerprint density at radius 1 is 0.833 bits per heavy atom. The van der Waals surface area contributed by atoms with Gasteiger partial charge in [-0.15, -0.1) is 6.58 Å². The number of allylic oxidation sites excluding steroid dienone is 5. The summed E-state index contributed by atoms with van der Waals surface area (Å²) in [6.45, 7) is 15.8. The van der Waals surface area contributed by atoms with Crippen LogP contribution in [0.15, 0.2) is 102 Å². The van der Waals surface area contributed by atoms with Crippen molar-refractivity contribution >= 4 is 11.6 Å². The maximum atomic E-state index is 14.4. The number of Topliss-reactive ketones (excluding diaryl/α,β-unsaturated/α-hetero) is 2. The number of ketones is 2. The van der Waals surface area contributed by atoms with E-state index in [0.29, 0.717) is 43.9 Å². The molecule has 0 saturated carbocycles.